The van der Waals surface area contributed by atoms with Crippen LogP contribution in [0.1, 0.15) is 97.3 Å². The van der Waals surface area contributed by atoms with Crippen LogP contribution < -0.4 is 45.7 Å². The highest BCUT2D eigenvalue weighted by Crippen LogP contribution is 2.38. The Morgan fingerprint density at radius 1 is 0.569 bits per heavy atom. The van der Waals surface area contributed by atoms with E-state index in [0.29, 0.717) is 99.9 Å². The Hall–Kier alpha value is -7.06. The summed E-state index contributed by atoms with van der Waals surface area (Å²) in [5.41, 5.74) is 18.9. The highest BCUT2D eigenvalue weighted by Gasteiger charge is 2.37. The van der Waals surface area contributed by atoms with Gasteiger partial charge in [0.25, 0.3) is 20.4 Å². The van der Waals surface area contributed by atoms with Crippen molar-refractivity contribution >= 4 is 121 Å². The minimum atomic E-state index is -4.68. The highest BCUT2D eigenvalue weighted by atomic mass is 32.2. The summed E-state index contributed by atoms with van der Waals surface area (Å²) in [6.07, 6.45) is 3.28. The number of hydrogen-bond donors (Lipinski definition) is 8. The van der Waals surface area contributed by atoms with Gasteiger partial charge in [-0.25, -0.2) is 57.5 Å². The van der Waals surface area contributed by atoms with Crippen molar-refractivity contribution in [3.63, 3.8) is 0 Å². The van der Waals surface area contributed by atoms with E-state index in [1.807, 2.05) is 57.3 Å². The number of halogens is 3. The maximum absolute atomic E-state index is 13.3. The molecule has 4 aromatic carbocycles. The van der Waals surface area contributed by atoms with Gasteiger partial charge in [0.05, 0.1) is 42.0 Å². The third-order valence-electron chi connectivity index (χ3n) is 17.7. The summed E-state index contributed by atoms with van der Waals surface area (Å²) in [7, 11) is -17.2. The van der Waals surface area contributed by atoms with Gasteiger partial charge < -0.3 is 35.0 Å². The molecule has 36 heteroatoms. The largest absolute Gasteiger partial charge is 0.481 e. The van der Waals surface area contributed by atoms with Gasteiger partial charge in [-0.2, -0.15) is 38.6 Å². The molecular formula is C66H98F3N18O10PS4. The molecule has 13 N–H and O–H groups in total. The van der Waals surface area contributed by atoms with E-state index < -0.39 is 66.2 Å². The van der Waals surface area contributed by atoms with Gasteiger partial charge in [-0.15, -0.1) is 0 Å². The maximum atomic E-state index is 13.3. The van der Waals surface area contributed by atoms with Gasteiger partial charge >= 0.3 is 13.8 Å². The van der Waals surface area contributed by atoms with Gasteiger partial charge in [0.15, 0.2) is 6.35 Å². The Morgan fingerprint density at radius 2 is 1.04 bits per heavy atom. The number of pyridine rings is 1. The Morgan fingerprint density at radius 3 is 1.61 bits per heavy atom. The zero-order valence-corrected chi connectivity index (χ0v) is 61.3. The van der Waals surface area contributed by atoms with Crippen molar-refractivity contribution in [3.05, 3.63) is 129 Å². The standard InChI is InChI=1S/C16H20F3N5O2S.C16H24N5O5PS.C16H22N4O2S.C16H24N4OS.2CH4/c1-10-8-12-13(9-11(10)2)21-15(16(17,18)19)22-14(12)23-4-3-5-24(7-6-23)27(20,25)26;1-12-8-13-14(9-15(12)26-11-27(22,23)24)18-10-19-16(13)20-4-3-5-21(7-6-20)28(2,17)25;1-12-10-14-15(11-13(12)2)18-5-4-16(14)19-6-3-7-20(9-8-19)23(17,21)22;1-11-9-14(15(17)10-12(11)2)16(18)13-5-4-7-20(8-6-13)22(3,19)21;;/h8-9H,3-7H2,1-2H3,(H2,20,25,26);8-10H,2-7,11H2,1H3,(H2,17,25)(H2,22,23,24);4-5,10-11H,3,6-9H2,1-2H3,(H2,17,21,22);6,9-10,18H,3-5,7-8,17H2,1-2H3,(H2,19,21);2*1H4. The van der Waals surface area contributed by atoms with E-state index in [2.05, 4.69) is 72.4 Å². The molecule has 0 radical (unpaired) electrons. The summed E-state index contributed by atoms with van der Waals surface area (Å²) in [5, 5.41) is 32.6. The second-order valence-electron chi connectivity index (χ2n) is 25.2. The lowest BCUT2D eigenvalue weighted by Crippen LogP contribution is -2.39. The van der Waals surface area contributed by atoms with E-state index in [9.17, 15) is 43.0 Å². The van der Waals surface area contributed by atoms with Gasteiger partial charge in [0, 0.05) is 137 Å². The number of rotatable bonds is 12. The maximum Gasteiger partial charge on any atom is 0.451 e. The molecule has 3 saturated heterocycles. The first kappa shape index (κ1) is 83.9. The number of nitrogens with two attached hydrogens (primary N) is 5. The van der Waals surface area contributed by atoms with E-state index in [4.69, 9.17) is 46.2 Å². The van der Waals surface area contributed by atoms with Crippen LogP contribution >= 0.6 is 7.60 Å². The third kappa shape index (κ3) is 22.0. The minimum Gasteiger partial charge on any atom is -0.481 e. The molecule has 0 saturated carbocycles. The molecule has 2 atom stereocenters. The third-order valence-corrected chi connectivity index (χ3v) is 22.8. The fourth-order valence-electron chi connectivity index (χ4n) is 11.9. The van der Waals surface area contributed by atoms with Crippen LogP contribution in [0.15, 0.2) is 78.8 Å². The van der Waals surface area contributed by atoms with Crippen LogP contribution in [-0.4, -0.2) is 193 Å². The second kappa shape index (κ2) is 34.2. The summed E-state index contributed by atoms with van der Waals surface area (Å²) in [4.78, 5) is 44.6. The molecule has 102 heavy (non-hydrogen) atoms. The molecule has 2 unspecified atom stereocenters. The zero-order valence-electron chi connectivity index (χ0n) is 57.1. The summed E-state index contributed by atoms with van der Waals surface area (Å²) < 4.78 is 132. The Kier molecular flexibility index (Phi) is 28.2. The second-order valence-corrected chi connectivity index (χ2v) is 33.7. The molecule has 4 aliphatic rings. The van der Waals surface area contributed by atoms with Crippen molar-refractivity contribution < 1.29 is 57.5 Å². The van der Waals surface area contributed by atoms with Gasteiger partial charge in [-0.05, 0) is 185 Å². The lowest BCUT2D eigenvalue weighted by atomic mass is 9.94. The normalized spacial score (nSPS) is 17.8. The highest BCUT2D eigenvalue weighted by molar-refractivity contribution is 7.96. The number of aromatic nitrogens is 5. The van der Waals surface area contributed by atoms with Crippen LogP contribution in [-0.2, 0) is 50.9 Å². The van der Waals surface area contributed by atoms with Crippen molar-refractivity contribution in [1.29, 1.82) is 5.41 Å². The van der Waals surface area contributed by atoms with Crippen molar-refractivity contribution in [2.45, 2.75) is 102 Å². The molecule has 0 amide bonds. The summed E-state index contributed by atoms with van der Waals surface area (Å²) in [5.74, 6) is 7.14. The molecule has 562 valence electrons. The molecule has 3 aromatic heterocycles. The van der Waals surface area contributed by atoms with Crippen molar-refractivity contribution in [2.24, 2.45) is 20.6 Å². The Balaban J connectivity index is 0.000000213. The topological polar surface area (TPSA) is 410 Å². The van der Waals surface area contributed by atoms with Crippen molar-refractivity contribution in [1.82, 2.24) is 42.1 Å². The fraction of sp³-hybridized carbons (Fsp3) is 0.455. The molecule has 7 heterocycles. The smallest absolute Gasteiger partial charge is 0.451 e. The van der Waals surface area contributed by atoms with Gasteiger partial charge in [-0.1, -0.05) is 20.9 Å². The lowest BCUT2D eigenvalue weighted by molar-refractivity contribution is -0.144. The number of alkyl halides is 3. The van der Waals surface area contributed by atoms with Gasteiger partial charge in [0.1, 0.15) is 23.7 Å². The van der Waals surface area contributed by atoms with E-state index >= 15 is 0 Å². The van der Waals surface area contributed by atoms with Crippen molar-refractivity contribution in [3.8, 4) is 5.75 Å². The van der Waals surface area contributed by atoms with Crippen LogP contribution in [0.5, 0.6) is 5.75 Å². The summed E-state index contributed by atoms with van der Waals surface area (Å²) in [6.45, 7) is 20.3. The first-order valence-corrected chi connectivity index (χ1v) is 40.3. The predicted molar refractivity (Wildman–Crippen MR) is 407 cm³/mol. The minimum absolute atomic E-state index is 0. The summed E-state index contributed by atoms with van der Waals surface area (Å²) >= 11 is 0. The quantitative estimate of drug-likeness (QED) is 0.0262. The molecular weight excluding hydrogens is 1420 g/mol. The molecule has 0 bridgehead atoms. The number of anilines is 4. The lowest BCUT2D eigenvalue weighted by Gasteiger charge is -2.24. The number of fused-ring (bicyclic) bond motifs is 3. The Labute approximate surface area is 598 Å². The number of ether oxygens (including phenoxy) is 1. The van der Waals surface area contributed by atoms with Crippen molar-refractivity contribution in [2.75, 3.05) is 118 Å². The molecule has 0 aliphatic carbocycles. The number of nitrogens with one attached hydrogen (secondary N) is 1. The molecule has 7 aromatic rings. The van der Waals surface area contributed by atoms with Gasteiger partial charge in [-0.3, -0.25) is 15.0 Å². The molecule has 0 spiro atoms. The predicted octanol–water partition coefficient (Wildman–Crippen LogP) is 7.07. The zero-order chi connectivity index (χ0) is 73.6. The molecule has 11 rings (SSSR count). The number of nitrogen functional groups attached to an aromatic ring is 1. The van der Waals surface area contributed by atoms with Crippen LogP contribution in [0.25, 0.3) is 32.7 Å². The van der Waals surface area contributed by atoms with Gasteiger partial charge in [0.2, 0.25) is 5.82 Å². The van der Waals surface area contributed by atoms with Crippen LogP contribution in [0.4, 0.5) is 36.2 Å². The van der Waals surface area contributed by atoms with Crippen LogP contribution in [0.2, 0.25) is 0 Å². The molecule has 28 nitrogen and oxygen atoms in total. The first-order valence-electron chi connectivity index (χ1n) is 32.0. The first-order chi connectivity index (χ1) is 46.6. The molecule has 3 fully saturated rings. The number of hydrogen-bond acceptors (Lipinski definition) is 18. The Bertz CT molecular complexity index is 4770. The number of nitrogens with zero attached hydrogens (tertiary/aromatic N) is 12. The average Bonchev–Trinajstić information content (AvgIpc) is 0.959. The van der Waals surface area contributed by atoms with E-state index in [1.54, 1.807) is 45.6 Å². The number of allylic oxidation sites excluding steroid dienone is 1. The summed E-state index contributed by atoms with van der Waals surface area (Å²) in [6, 6.07) is 17.0. The van der Waals surface area contributed by atoms with E-state index in [0.717, 1.165) is 103 Å². The molecule has 4 aliphatic heterocycles. The fourth-order valence-corrected chi connectivity index (χ4v) is 15.2. The monoisotopic (exact) mass is 1520 g/mol. The number of benzene rings is 4. The average molecular weight is 1520 g/mol. The van der Waals surface area contributed by atoms with E-state index in [1.165, 1.54) is 21.8 Å². The van der Waals surface area contributed by atoms with Crippen LogP contribution in [0, 0.1) is 53.9 Å². The van der Waals surface area contributed by atoms with E-state index in [-0.39, 0.29) is 45.8 Å². The number of aryl methyl sites for hydroxylation is 7. The SMILES string of the molecule is C.C.C=S(N)(=O)N1CC=C(C(=N)c2cc(C)c(C)cc2N)CCC1.C=S(N)(=O)N1CCCN(c2ncnc3cc(OCP(=O)(O)O)c(C)cc23)CC1.Cc1cc2nc(C(F)(F)F)nc(N3CCCN(S(N)(=O)=O)CC3)c2cc1C.Cc1cc2nccc(N3CCCN(S(N)(=O)=O)CC3)c2cc1C. The van der Waals surface area contributed by atoms with Crippen LogP contribution in [0.3, 0.4) is 0 Å².